The summed E-state index contributed by atoms with van der Waals surface area (Å²) in [6, 6.07) is 5.71. The fourth-order valence-electron chi connectivity index (χ4n) is 4.34. The molecule has 2 aromatic rings. The molecule has 172 valence electrons. The van der Waals surface area contributed by atoms with Gasteiger partial charge in [-0.15, -0.1) is 5.92 Å². The molecule has 0 bridgehead atoms. The van der Waals surface area contributed by atoms with E-state index in [4.69, 9.17) is 21.4 Å². The van der Waals surface area contributed by atoms with Crippen LogP contribution in [0.2, 0.25) is 5.02 Å². The van der Waals surface area contributed by atoms with Gasteiger partial charge in [0, 0.05) is 68.1 Å². The molecule has 0 atom stereocenters. The first-order valence-corrected chi connectivity index (χ1v) is 13.2. The highest BCUT2D eigenvalue weighted by molar-refractivity contribution is 7.88. The average molecular weight is 477 g/mol. The zero-order valence-corrected chi connectivity index (χ0v) is 20.2. The lowest BCUT2D eigenvalue weighted by molar-refractivity contribution is 0.0368. The van der Waals surface area contributed by atoms with Crippen molar-refractivity contribution >= 4 is 21.6 Å². The lowest BCUT2D eigenvalue weighted by atomic mass is 10.0. The van der Waals surface area contributed by atoms with Crippen LogP contribution in [0.3, 0.4) is 0 Å². The van der Waals surface area contributed by atoms with Crippen molar-refractivity contribution in [3.63, 3.8) is 0 Å². The molecule has 1 saturated heterocycles. The second-order valence-electron chi connectivity index (χ2n) is 8.22. The standard InChI is InChI=1S/C23H29ClN4O3S/c1-3-5-18-16-19(6-7-21(18)24)23-20-17-27(32(2,29)30)11-8-22(20)28(25-23)10-4-9-26-12-14-31-15-13-26/h6-7,16H,4,8-15,17H2,1-2H3. The largest absolute Gasteiger partial charge is 0.379 e. The molecule has 4 rings (SSSR count). The smallest absolute Gasteiger partial charge is 0.211 e. The first kappa shape index (κ1) is 23.3. The number of hydrogen-bond donors (Lipinski definition) is 0. The summed E-state index contributed by atoms with van der Waals surface area (Å²) in [5.74, 6) is 5.93. The molecule has 2 aliphatic rings. The number of aryl methyl sites for hydroxylation is 1. The molecule has 0 N–H and O–H groups in total. The summed E-state index contributed by atoms with van der Waals surface area (Å²) in [6.07, 6.45) is 2.90. The predicted octanol–water partition coefficient (Wildman–Crippen LogP) is 2.61. The molecule has 1 aromatic heterocycles. The Hall–Kier alpha value is -1.89. The fraction of sp³-hybridized carbons (Fsp3) is 0.522. The number of morpholine rings is 1. The molecule has 0 unspecified atom stereocenters. The van der Waals surface area contributed by atoms with Crippen molar-refractivity contribution in [2.75, 3.05) is 45.6 Å². The first-order chi connectivity index (χ1) is 15.4. The van der Waals surface area contributed by atoms with E-state index in [1.807, 2.05) is 18.2 Å². The minimum absolute atomic E-state index is 0.338. The van der Waals surface area contributed by atoms with Crippen LogP contribution in [0.4, 0.5) is 0 Å². The van der Waals surface area contributed by atoms with Crippen molar-refractivity contribution in [1.29, 1.82) is 0 Å². The van der Waals surface area contributed by atoms with Crippen molar-refractivity contribution in [2.45, 2.75) is 32.9 Å². The SMILES string of the molecule is CC#Cc1cc(-c2nn(CCCN3CCOCC3)c3c2CN(S(C)(=O)=O)CC3)ccc1Cl. The number of ether oxygens (including phenoxy) is 1. The van der Waals surface area contributed by atoms with Gasteiger partial charge in [-0.2, -0.15) is 9.40 Å². The summed E-state index contributed by atoms with van der Waals surface area (Å²) >= 11 is 6.31. The maximum Gasteiger partial charge on any atom is 0.211 e. The summed E-state index contributed by atoms with van der Waals surface area (Å²) < 4.78 is 33.5. The molecule has 7 nitrogen and oxygen atoms in total. The van der Waals surface area contributed by atoms with E-state index in [0.717, 1.165) is 73.9 Å². The Kier molecular flexibility index (Phi) is 7.23. The highest BCUT2D eigenvalue weighted by atomic mass is 35.5. The van der Waals surface area contributed by atoms with Crippen LogP contribution in [0.25, 0.3) is 11.3 Å². The van der Waals surface area contributed by atoms with E-state index >= 15 is 0 Å². The van der Waals surface area contributed by atoms with E-state index in [-0.39, 0.29) is 0 Å². The lowest BCUT2D eigenvalue weighted by Crippen LogP contribution is -2.37. The van der Waals surface area contributed by atoms with Crippen LogP contribution in [-0.2, 0) is 34.3 Å². The molecule has 1 aromatic carbocycles. The van der Waals surface area contributed by atoms with Gasteiger partial charge in [-0.1, -0.05) is 23.6 Å². The Morgan fingerprint density at radius 2 is 1.97 bits per heavy atom. The van der Waals surface area contributed by atoms with Gasteiger partial charge < -0.3 is 4.74 Å². The van der Waals surface area contributed by atoms with Gasteiger partial charge in [-0.3, -0.25) is 9.58 Å². The monoisotopic (exact) mass is 476 g/mol. The van der Waals surface area contributed by atoms with Gasteiger partial charge in [0.1, 0.15) is 0 Å². The van der Waals surface area contributed by atoms with Crippen molar-refractivity contribution in [1.82, 2.24) is 19.0 Å². The second kappa shape index (κ2) is 9.94. The summed E-state index contributed by atoms with van der Waals surface area (Å²) in [5, 5.41) is 5.55. The zero-order chi connectivity index (χ0) is 22.7. The second-order valence-corrected chi connectivity index (χ2v) is 10.6. The molecular weight excluding hydrogens is 448 g/mol. The molecule has 9 heteroatoms. The van der Waals surface area contributed by atoms with Gasteiger partial charge in [0.15, 0.2) is 0 Å². The number of benzene rings is 1. The lowest BCUT2D eigenvalue weighted by Gasteiger charge is -2.27. The Balaban J connectivity index is 1.64. The van der Waals surface area contributed by atoms with Crippen LogP contribution < -0.4 is 0 Å². The van der Waals surface area contributed by atoms with Gasteiger partial charge in [-0.05, 0) is 25.5 Å². The van der Waals surface area contributed by atoms with Gasteiger partial charge >= 0.3 is 0 Å². The molecule has 1 fully saturated rings. The van der Waals surface area contributed by atoms with Gasteiger partial charge in [0.05, 0.1) is 30.2 Å². The van der Waals surface area contributed by atoms with Crippen molar-refractivity contribution in [3.05, 3.63) is 40.0 Å². The normalized spacial score (nSPS) is 17.6. The molecule has 0 aliphatic carbocycles. The van der Waals surface area contributed by atoms with E-state index in [0.29, 0.717) is 24.5 Å². The molecule has 0 saturated carbocycles. The van der Waals surface area contributed by atoms with E-state index in [2.05, 4.69) is 21.4 Å². The predicted molar refractivity (Wildman–Crippen MR) is 126 cm³/mol. The van der Waals surface area contributed by atoms with E-state index < -0.39 is 10.0 Å². The third-order valence-electron chi connectivity index (χ3n) is 6.02. The van der Waals surface area contributed by atoms with Crippen LogP contribution in [0.15, 0.2) is 18.2 Å². The number of sulfonamides is 1. The Morgan fingerprint density at radius 3 is 2.69 bits per heavy atom. The summed E-state index contributed by atoms with van der Waals surface area (Å²) in [6.45, 7) is 7.92. The topological polar surface area (TPSA) is 67.7 Å². The Labute approximate surface area is 195 Å². The van der Waals surface area contributed by atoms with E-state index in [9.17, 15) is 8.42 Å². The van der Waals surface area contributed by atoms with E-state index in [1.165, 1.54) is 10.6 Å². The minimum Gasteiger partial charge on any atom is -0.379 e. The Bertz CT molecular complexity index is 1140. The number of fused-ring (bicyclic) bond motifs is 1. The van der Waals surface area contributed by atoms with Crippen LogP contribution in [0.1, 0.15) is 30.2 Å². The van der Waals surface area contributed by atoms with Crippen molar-refractivity contribution < 1.29 is 13.2 Å². The maximum atomic E-state index is 12.2. The maximum absolute atomic E-state index is 12.2. The first-order valence-electron chi connectivity index (χ1n) is 10.9. The number of hydrogen-bond acceptors (Lipinski definition) is 5. The molecule has 3 heterocycles. The molecule has 0 spiro atoms. The molecule has 0 radical (unpaired) electrons. The highest BCUT2D eigenvalue weighted by Crippen LogP contribution is 2.33. The quantitative estimate of drug-likeness (QED) is 0.599. The summed E-state index contributed by atoms with van der Waals surface area (Å²) in [7, 11) is -3.28. The molecule has 2 aliphatic heterocycles. The van der Waals surface area contributed by atoms with Gasteiger partial charge in [-0.25, -0.2) is 8.42 Å². The molecule has 0 amide bonds. The number of halogens is 1. The zero-order valence-electron chi connectivity index (χ0n) is 18.6. The minimum atomic E-state index is -3.28. The third kappa shape index (κ3) is 5.19. The number of nitrogens with zero attached hydrogens (tertiary/aromatic N) is 4. The third-order valence-corrected chi connectivity index (χ3v) is 7.59. The van der Waals surface area contributed by atoms with Crippen molar-refractivity contribution in [2.24, 2.45) is 0 Å². The number of aromatic nitrogens is 2. The molecular formula is C23H29ClN4O3S. The summed E-state index contributed by atoms with van der Waals surface area (Å²) in [4.78, 5) is 2.42. The van der Waals surface area contributed by atoms with Crippen LogP contribution >= 0.6 is 11.6 Å². The van der Waals surface area contributed by atoms with Crippen LogP contribution in [-0.4, -0.2) is 73.1 Å². The van der Waals surface area contributed by atoms with Gasteiger partial charge in [0.25, 0.3) is 0 Å². The number of rotatable bonds is 6. The average Bonchev–Trinajstić information content (AvgIpc) is 3.14. The highest BCUT2D eigenvalue weighted by Gasteiger charge is 2.29. The molecule has 32 heavy (non-hydrogen) atoms. The van der Waals surface area contributed by atoms with Crippen molar-refractivity contribution in [3.8, 4) is 23.1 Å². The van der Waals surface area contributed by atoms with Crippen LogP contribution in [0.5, 0.6) is 0 Å². The van der Waals surface area contributed by atoms with Crippen LogP contribution in [0, 0.1) is 11.8 Å². The summed E-state index contributed by atoms with van der Waals surface area (Å²) in [5.41, 5.74) is 4.57. The Morgan fingerprint density at radius 1 is 1.19 bits per heavy atom. The fourth-order valence-corrected chi connectivity index (χ4v) is 5.29. The van der Waals surface area contributed by atoms with Gasteiger partial charge in [0.2, 0.25) is 10.0 Å². The van der Waals surface area contributed by atoms with E-state index in [1.54, 1.807) is 6.92 Å².